The topological polar surface area (TPSA) is 68.0 Å². The Balaban J connectivity index is 1.78. The number of hydrogen-bond donors (Lipinski definition) is 1. The molecule has 0 aliphatic heterocycles. The van der Waals surface area contributed by atoms with Crippen LogP contribution in [-0.4, -0.2) is 22.0 Å². The second kappa shape index (κ2) is 5.25. The van der Waals surface area contributed by atoms with E-state index in [0.717, 1.165) is 0 Å². The average molecular weight is 347 g/mol. The zero-order chi connectivity index (χ0) is 17.7. The Kier molecular flexibility index (Phi) is 3.57. The second-order valence-corrected chi connectivity index (χ2v) is 5.46. The van der Waals surface area contributed by atoms with Crippen LogP contribution in [0.4, 0.5) is 27.6 Å². The molecule has 0 bridgehead atoms. The molecular weight excluding hydrogens is 337 g/mol. The van der Waals surface area contributed by atoms with Gasteiger partial charge in [0.05, 0.1) is 0 Å². The van der Waals surface area contributed by atoms with E-state index in [-0.39, 0.29) is 17.1 Å². The average Bonchev–Trinajstić information content (AvgIpc) is 2.90. The zero-order valence-electron chi connectivity index (χ0n) is 12.1. The van der Waals surface area contributed by atoms with Gasteiger partial charge in [-0.1, -0.05) is 5.16 Å². The molecule has 2 aromatic rings. The van der Waals surface area contributed by atoms with Crippen LogP contribution >= 0.6 is 0 Å². The normalized spacial score (nSPS) is 19.2. The number of anilines is 1. The number of halogens is 5. The van der Waals surface area contributed by atoms with E-state index in [9.17, 15) is 26.7 Å². The lowest BCUT2D eigenvalue weighted by atomic mass is 10.1. The maximum Gasteiger partial charge on any atom is 0.471 e. The Morgan fingerprint density at radius 2 is 2.04 bits per heavy atom. The fourth-order valence-corrected chi connectivity index (χ4v) is 2.12. The highest BCUT2D eigenvalue weighted by molar-refractivity contribution is 5.96. The molecule has 1 aromatic carbocycles. The smallest absolute Gasteiger partial charge is 0.329 e. The number of carbonyl (C=O) groups is 1. The number of aryl methyl sites for hydroxylation is 1. The number of nitrogens with zero attached hydrogens (tertiary/aromatic N) is 2. The van der Waals surface area contributed by atoms with Crippen molar-refractivity contribution >= 4 is 11.6 Å². The Morgan fingerprint density at radius 3 is 2.54 bits per heavy atom. The minimum absolute atomic E-state index is 0.238. The minimum Gasteiger partial charge on any atom is -0.329 e. The lowest BCUT2D eigenvalue weighted by molar-refractivity contribution is -0.159. The van der Waals surface area contributed by atoms with Crippen molar-refractivity contribution in [3.63, 3.8) is 0 Å². The molecule has 1 N–H and O–H groups in total. The summed E-state index contributed by atoms with van der Waals surface area (Å²) in [6, 6.07) is 4.16. The molecule has 1 amide bonds. The molecule has 0 spiro atoms. The molecule has 1 atom stereocenters. The third-order valence-corrected chi connectivity index (χ3v) is 3.55. The predicted molar refractivity (Wildman–Crippen MR) is 71.2 cm³/mol. The van der Waals surface area contributed by atoms with Gasteiger partial charge in [-0.25, -0.2) is 8.78 Å². The van der Waals surface area contributed by atoms with Crippen LogP contribution in [-0.2, 0) is 11.0 Å². The van der Waals surface area contributed by atoms with Crippen LogP contribution in [0, 0.1) is 12.8 Å². The highest BCUT2D eigenvalue weighted by atomic mass is 19.4. The molecule has 0 saturated heterocycles. The van der Waals surface area contributed by atoms with E-state index >= 15 is 0 Å². The van der Waals surface area contributed by atoms with Gasteiger partial charge in [0.2, 0.25) is 11.7 Å². The molecule has 1 aromatic heterocycles. The van der Waals surface area contributed by atoms with Gasteiger partial charge in [0, 0.05) is 17.7 Å². The SMILES string of the molecule is Cc1cc(-c2noc(C(F)(F)F)n2)ccc1NC(=O)C1CC1(F)F. The molecule has 1 aliphatic carbocycles. The molecule has 5 nitrogen and oxygen atoms in total. The van der Waals surface area contributed by atoms with E-state index in [1.807, 2.05) is 0 Å². The molecule has 1 fully saturated rings. The quantitative estimate of drug-likeness (QED) is 0.861. The molecule has 1 heterocycles. The summed E-state index contributed by atoms with van der Waals surface area (Å²) in [6.07, 6.45) is -5.23. The minimum atomic E-state index is -4.75. The standard InChI is InChI=1S/C14H10F5N3O2/c1-6-4-7(10-21-12(24-22-10)14(17,18)19)2-3-9(6)20-11(23)8-5-13(8,15)16/h2-4,8H,5H2,1H3,(H,20,23). The third kappa shape index (κ3) is 3.08. The van der Waals surface area contributed by atoms with Gasteiger partial charge in [-0.05, 0) is 30.7 Å². The number of aromatic nitrogens is 2. The lowest BCUT2D eigenvalue weighted by Crippen LogP contribution is -2.18. The molecule has 10 heteroatoms. The number of nitrogens with one attached hydrogen (secondary N) is 1. The van der Waals surface area contributed by atoms with Crippen molar-refractivity contribution in [1.82, 2.24) is 10.1 Å². The van der Waals surface area contributed by atoms with Crippen LogP contribution in [0.3, 0.4) is 0 Å². The summed E-state index contributed by atoms with van der Waals surface area (Å²) in [7, 11) is 0. The summed E-state index contributed by atoms with van der Waals surface area (Å²) in [5, 5.41) is 5.62. The third-order valence-electron chi connectivity index (χ3n) is 3.55. The summed E-state index contributed by atoms with van der Waals surface area (Å²) in [5.41, 5.74) is 0.982. The molecule has 1 saturated carbocycles. The first-order valence-corrected chi connectivity index (χ1v) is 6.78. The monoisotopic (exact) mass is 347 g/mol. The van der Waals surface area contributed by atoms with Gasteiger partial charge in [0.25, 0.3) is 5.92 Å². The van der Waals surface area contributed by atoms with Crippen LogP contribution in [0.2, 0.25) is 0 Å². The zero-order valence-corrected chi connectivity index (χ0v) is 12.1. The van der Waals surface area contributed by atoms with Crippen LogP contribution in [0.5, 0.6) is 0 Å². The van der Waals surface area contributed by atoms with E-state index in [4.69, 9.17) is 0 Å². The lowest BCUT2D eigenvalue weighted by Gasteiger charge is -2.09. The molecule has 1 aliphatic rings. The van der Waals surface area contributed by atoms with Crippen LogP contribution in [0.1, 0.15) is 17.9 Å². The Hall–Kier alpha value is -2.52. The second-order valence-electron chi connectivity index (χ2n) is 5.46. The predicted octanol–water partition coefficient (Wildman–Crippen LogP) is 3.66. The van der Waals surface area contributed by atoms with Crippen molar-refractivity contribution in [2.75, 3.05) is 5.32 Å². The first-order chi connectivity index (χ1) is 11.1. The number of carbonyl (C=O) groups excluding carboxylic acids is 1. The van der Waals surface area contributed by atoms with E-state index < -0.39 is 36.2 Å². The van der Waals surface area contributed by atoms with Crippen molar-refractivity contribution in [3.8, 4) is 11.4 Å². The first kappa shape index (κ1) is 16.3. The van der Waals surface area contributed by atoms with E-state index in [1.54, 1.807) is 6.92 Å². The van der Waals surface area contributed by atoms with Gasteiger partial charge in [0.1, 0.15) is 5.92 Å². The van der Waals surface area contributed by atoms with E-state index in [0.29, 0.717) is 5.56 Å². The summed E-state index contributed by atoms with van der Waals surface area (Å²) in [5.74, 6) is -6.85. The highest BCUT2D eigenvalue weighted by Crippen LogP contribution is 2.49. The van der Waals surface area contributed by atoms with Crippen LogP contribution < -0.4 is 5.32 Å². The van der Waals surface area contributed by atoms with Gasteiger partial charge >= 0.3 is 12.1 Å². The number of rotatable bonds is 3. The number of alkyl halides is 5. The van der Waals surface area contributed by atoms with E-state index in [2.05, 4.69) is 20.0 Å². The highest BCUT2D eigenvalue weighted by Gasteiger charge is 2.61. The summed E-state index contributed by atoms with van der Waals surface area (Å²) >= 11 is 0. The first-order valence-electron chi connectivity index (χ1n) is 6.78. The summed E-state index contributed by atoms with van der Waals surface area (Å²) < 4.78 is 67.2. The van der Waals surface area contributed by atoms with Crippen molar-refractivity contribution in [3.05, 3.63) is 29.7 Å². The van der Waals surface area contributed by atoms with E-state index in [1.165, 1.54) is 18.2 Å². The van der Waals surface area contributed by atoms with Gasteiger partial charge in [0.15, 0.2) is 0 Å². The Morgan fingerprint density at radius 1 is 1.38 bits per heavy atom. The van der Waals surface area contributed by atoms with Crippen LogP contribution in [0.25, 0.3) is 11.4 Å². The molecule has 128 valence electrons. The van der Waals surface area contributed by atoms with Crippen molar-refractivity contribution < 1.29 is 31.3 Å². The van der Waals surface area contributed by atoms with Crippen LogP contribution in [0.15, 0.2) is 22.7 Å². The van der Waals surface area contributed by atoms with Gasteiger partial charge < -0.3 is 9.84 Å². The Bertz CT molecular complexity index is 800. The van der Waals surface area contributed by atoms with Gasteiger partial charge in [-0.2, -0.15) is 18.2 Å². The Labute approximate surface area is 131 Å². The number of benzene rings is 1. The molecule has 1 unspecified atom stereocenters. The number of hydrogen-bond acceptors (Lipinski definition) is 4. The molecular formula is C14H10F5N3O2. The number of amides is 1. The molecule has 0 radical (unpaired) electrons. The fourth-order valence-electron chi connectivity index (χ4n) is 2.12. The maximum absolute atomic E-state index is 12.9. The molecule has 24 heavy (non-hydrogen) atoms. The largest absolute Gasteiger partial charge is 0.471 e. The maximum atomic E-state index is 12.9. The van der Waals surface area contributed by atoms with Crippen molar-refractivity contribution in [1.29, 1.82) is 0 Å². The van der Waals surface area contributed by atoms with Gasteiger partial charge in [-0.3, -0.25) is 4.79 Å². The molecule has 3 rings (SSSR count). The van der Waals surface area contributed by atoms with Crippen molar-refractivity contribution in [2.45, 2.75) is 25.4 Å². The summed E-state index contributed by atoms with van der Waals surface area (Å²) in [6.45, 7) is 1.56. The van der Waals surface area contributed by atoms with Gasteiger partial charge in [-0.15, -0.1) is 0 Å². The summed E-state index contributed by atoms with van der Waals surface area (Å²) in [4.78, 5) is 14.9. The fraction of sp³-hybridized carbons (Fsp3) is 0.357. The van der Waals surface area contributed by atoms with Crippen molar-refractivity contribution in [2.24, 2.45) is 5.92 Å².